The lowest BCUT2D eigenvalue weighted by Gasteiger charge is -2.00. The van der Waals surface area contributed by atoms with Crippen molar-refractivity contribution in [3.05, 3.63) is 5.75 Å². The van der Waals surface area contributed by atoms with Gasteiger partial charge in [-0.25, -0.2) is 0 Å². The zero-order valence-electron chi connectivity index (χ0n) is 6.05. The molecule has 0 amide bonds. The van der Waals surface area contributed by atoms with Crippen molar-refractivity contribution >= 4 is 11.8 Å². The Hall–Kier alpha value is -0.0900. The molecule has 1 radical (unpaired) electrons. The summed E-state index contributed by atoms with van der Waals surface area (Å²) in [6, 6.07) is 0. The summed E-state index contributed by atoms with van der Waals surface area (Å²) in [4.78, 5) is 0. The van der Waals surface area contributed by atoms with Gasteiger partial charge in [0.1, 0.15) is 0 Å². The predicted molar refractivity (Wildman–Crippen MR) is 45.0 cm³/mol. The van der Waals surface area contributed by atoms with E-state index in [1.807, 2.05) is 18.7 Å². The van der Waals surface area contributed by atoms with Gasteiger partial charge in [0.2, 0.25) is 0 Å². The van der Waals surface area contributed by atoms with Gasteiger partial charge >= 0.3 is 0 Å². The summed E-state index contributed by atoms with van der Waals surface area (Å²) < 4.78 is 0. The molecule has 0 bridgehead atoms. The lowest BCUT2D eigenvalue weighted by atomic mass is 10.1. The Morgan fingerprint density at radius 3 is 2.89 bits per heavy atom. The molecule has 0 fully saturated rings. The number of hydrogen-bond acceptors (Lipinski definition) is 1. The van der Waals surface area contributed by atoms with E-state index >= 15 is 0 Å². The van der Waals surface area contributed by atoms with Crippen LogP contribution in [-0.4, -0.2) is 5.75 Å². The smallest absolute Gasteiger partial charge is 0.0179 e. The molecular weight excluding hydrogens is 128 g/mol. The second-order valence-electron chi connectivity index (χ2n) is 1.96. The predicted octanol–water partition coefficient (Wildman–Crippen LogP) is 2.56. The van der Waals surface area contributed by atoms with E-state index < -0.39 is 0 Å². The largest absolute Gasteiger partial charge is 0.158 e. The van der Waals surface area contributed by atoms with Crippen molar-refractivity contribution in [2.24, 2.45) is 5.92 Å². The molecule has 0 aromatic heterocycles. The van der Waals surface area contributed by atoms with Crippen LogP contribution in [0.5, 0.6) is 0 Å². The van der Waals surface area contributed by atoms with Crippen molar-refractivity contribution in [1.29, 1.82) is 0 Å². The van der Waals surface area contributed by atoms with E-state index in [4.69, 9.17) is 6.42 Å². The average Bonchev–Trinajstić information content (AvgIpc) is 1.89. The summed E-state index contributed by atoms with van der Waals surface area (Å²) in [7, 11) is 0. The van der Waals surface area contributed by atoms with Gasteiger partial charge in [0.05, 0.1) is 0 Å². The molecule has 0 aromatic rings. The van der Waals surface area contributed by atoms with Crippen LogP contribution in [0.4, 0.5) is 0 Å². The third kappa shape index (κ3) is 5.79. The second kappa shape index (κ2) is 6.04. The minimum atomic E-state index is 0.442. The summed E-state index contributed by atoms with van der Waals surface area (Å²) in [5.74, 6) is 6.39. The van der Waals surface area contributed by atoms with E-state index in [-0.39, 0.29) is 0 Å². The second-order valence-corrected chi connectivity index (χ2v) is 3.18. The fraction of sp³-hybridized carbons (Fsp3) is 0.625. The van der Waals surface area contributed by atoms with E-state index in [1.165, 1.54) is 0 Å². The van der Waals surface area contributed by atoms with Gasteiger partial charge in [-0.1, -0.05) is 13.8 Å². The van der Waals surface area contributed by atoms with Gasteiger partial charge in [-0.3, -0.25) is 0 Å². The van der Waals surface area contributed by atoms with Crippen molar-refractivity contribution in [2.75, 3.05) is 5.75 Å². The molecule has 0 spiro atoms. The molecular formula is C8H13S. The summed E-state index contributed by atoms with van der Waals surface area (Å²) in [6.45, 7) is 4.13. The first-order chi connectivity index (χ1) is 4.31. The topological polar surface area (TPSA) is 0 Å². The van der Waals surface area contributed by atoms with E-state index in [1.54, 1.807) is 0 Å². The number of thioether (sulfide) groups is 1. The van der Waals surface area contributed by atoms with Crippen molar-refractivity contribution in [3.8, 4) is 12.3 Å². The monoisotopic (exact) mass is 141 g/mol. The van der Waals surface area contributed by atoms with Crippen molar-refractivity contribution < 1.29 is 0 Å². The zero-order chi connectivity index (χ0) is 7.11. The first-order valence-corrected chi connectivity index (χ1v) is 4.21. The SMILES string of the molecule is C#CC(C)CCS[CH]C. The summed E-state index contributed by atoms with van der Waals surface area (Å²) in [6.07, 6.45) is 6.32. The van der Waals surface area contributed by atoms with Crippen LogP contribution in [-0.2, 0) is 0 Å². The molecule has 0 heterocycles. The lowest BCUT2D eigenvalue weighted by molar-refractivity contribution is 0.732. The van der Waals surface area contributed by atoms with Gasteiger partial charge in [-0.15, -0.1) is 12.3 Å². The van der Waals surface area contributed by atoms with E-state index in [0.717, 1.165) is 12.2 Å². The molecule has 1 heteroatoms. The van der Waals surface area contributed by atoms with Crippen LogP contribution in [0.15, 0.2) is 0 Å². The molecule has 0 nitrogen and oxygen atoms in total. The maximum absolute atomic E-state index is 5.18. The van der Waals surface area contributed by atoms with Crippen LogP contribution < -0.4 is 0 Å². The van der Waals surface area contributed by atoms with Crippen molar-refractivity contribution in [1.82, 2.24) is 0 Å². The Morgan fingerprint density at radius 1 is 1.78 bits per heavy atom. The zero-order valence-corrected chi connectivity index (χ0v) is 6.87. The van der Waals surface area contributed by atoms with Gasteiger partial charge in [-0.2, -0.15) is 11.8 Å². The molecule has 0 N–H and O–H groups in total. The number of hydrogen-bond donors (Lipinski definition) is 0. The van der Waals surface area contributed by atoms with Gasteiger partial charge in [0.15, 0.2) is 0 Å². The lowest BCUT2D eigenvalue weighted by Crippen LogP contribution is -1.90. The van der Waals surface area contributed by atoms with E-state index in [2.05, 4.69) is 18.6 Å². The fourth-order valence-electron chi connectivity index (χ4n) is 0.446. The molecule has 1 unspecified atom stereocenters. The Labute approximate surface area is 62.4 Å². The van der Waals surface area contributed by atoms with Crippen LogP contribution >= 0.6 is 11.8 Å². The summed E-state index contributed by atoms with van der Waals surface area (Å²) >= 11 is 1.83. The van der Waals surface area contributed by atoms with Gasteiger partial charge in [-0.05, 0) is 12.2 Å². The molecule has 0 rings (SSSR count). The van der Waals surface area contributed by atoms with Crippen molar-refractivity contribution in [3.63, 3.8) is 0 Å². The van der Waals surface area contributed by atoms with Crippen LogP contribution in [0, 0.1) is 24.0 Å². The first-order valence-electron chi connectivity index (χ1n) is 3.16. The molecule has 1 atom stereocenters. The molecule has 51 valence electrons. The first kappa shape index (κ1) is 8.91. The average molecular weight is 141 g/mol. The van der Waals surface area contributed by atoms with E-state index in [9.17, 15) is 0 Å². The van der Waals surface area contributed by atoms with Crippen LogP contribution in [0.1, 0.15) is 20.3 Å². The highest BCUT2D eigenvalue weighted by molar-refractivity contribution is 8.01. The number of terminal acetylenes is 1. The maximum Gasteiger partial charge on any atom is 0.0179 e. The quantitative estimate of drug-likeness (QED) is 0.428. The molecule has 0 saturated carbocycles. The molecule has 0 aromatic carbocycles. The normalized spacial score (nSPS) is 12.6. The highest BCUT2D eigenvalue weighted by atomic mass is 32.2. The molecule has 0 aliphatic rings. The van der Waals surface area contributed by atoms with E-state index in [0.29, 0.717) is 5.92 Å². The number of rotatable bonds is 4. The Kier molecular flexibility index (Phi) is 5.98. The fourth-order valence-corrected chi connectivity index (χ4v) is 1.17. The minimum Gasteiger partial charge on any atom is -0.158 e. The Morgan fingerprint density at radius 2 is 2.44 bits per heavy atom. The van der Waals surface area contributed by atoms with Crippen LogP contribution in [0.25, 0.3) is 0 Å². The highest BCUT2D eigenvalue weighted by Crippen LogP contribution is 2.09. The molecule has 0 saturated heterocycles. The van der Waals surface area contributed by atoms with Crippen LogP contribution in [0.2, 0.25) is 0 Å². The Balaban J connectivity index is 2.99. The molecule has 0 aliphatic heterocycles. The maximum atomic E-state index is 5.18. The molecule has 0 aliphatic carbocycles. The standard InChI is InChI=1S/C8H13S/c1-4-8(3)6-7-9-5-2/h1,5,8H,6-7H2,2-3H3. The third-order valence-electron chi connectivity index (χ3n) is 1.12. The minimum absolute atomic E-state index is 0.442. The van der Waals surface area contributed by atoms with Gasteiger partial charge in [0.25, 0.3) is 0 Å². The van der Waals surface area contributed by atoms with Crippen LogP contribution in [0.3, 0.4) is 0 Å². The summed E-state index contributed by atoms with van der Waals surface area (Å²) in [5, 5.41) is 0. The molecule has 9 heavy (non-hydrogen) atoms. The summed E-state index contributed by atoms with van der Waals surface area (Å²) in [5.41, 5.74) is 0. The van der Waals surface area contributed by atoms with Gasteiger partial charge < -0.3 is 0 Å². The van der Waals surface area contributed by atoms with Crippen molar-refractivity contribution in [2.45, 2.75) is 20.3 Å². The Bertz CT molecular complexity index is 91.2. The van der Waals surface area contributed by atoms with Gasteiger partial charge in [0, 0.05) is 11.7 Å². The third-order valence-corrected chi connectivity index (χ3v) is 1.92. The highest BCUT2D eigenvalue weighted by Gasteiger charge is 1.94.